The second kappa shape index (κ2) is 10.4. The van der Waals surface area contributed by atoms with Crippen LogP contribution in [0, 0.1) is 24.2 Å². The highest BCUT2D eigenvalue weighted by Gasteiger charge is 2.27. The number of nitrogens with zero attached hydrogens (tertiary/aromatic N) is 3. The Balaban J connectivity index is 1.73. The van der Waals surface area contributed by atoms with Crippen molar-refractivity contribution in [3.8, 4) is 11.8 Å². The molecule has 2 aromatic carbocycles. The molecule has 0 spiro atoms. The second-order valence-electron chi connectivity index (χ2n) is 7.83. The standard InChI is InChI=1S/C25H26N4O3/c1-17(2)24(27-23(30)14-19-10-6-4-7-11-19)25(31)32-16-22-21(15-26)18(3)28-29(22)20-12-8-5-9-13-20/h4-13,17,24H,14,16H2,1-3H3,(H,27,30)/t24-/m0/s1. The molecule has 0 radical (unpaired) electrons. The van der Waals surface area contributed by atoms with Crippen LogP contribution >= 0.6 is 0 Å². The van der Waals surface area contributed by atoms with Gasteiger partial charge in [0.05, 0.1) is 23.5 Å². The lowest BCUT2D eigenvalue weighted by molar-refractivity contribution is -0.150. The van der Waals surface area contributed by atoms with Crippen molar-refractivity contribution in [2.45, 2.75) is 39.8 Å². The lowest BCUT2D eigenvalue weighted by atomic mass is 10.0. The monoisotopic (exact) mass is 430 g/mol. The highest BCUT2D eigenvalue weighted by atomic mass is 16.5. The van der Waals surface area contributed by atoms with Crippen LogP contribution in [0.15, 0.2) is 60.7 Å². The summed E-state index contributed by atoms with van der Waals surface area (Å²) in [7, 11) is 0. The van der Waals surface area contributed by atoms with Gasteiger partial charge in [-0.25, -0.2) is 9.48 Å². The lowest BCUT2D eigenvalue weighted by Crippen LogP contribution is -2.45. The Morgan fingerprint density at radius 1 is 1.09 bits per heavy atom. The van der Waals surface area contributed by atoms with Gasteiger partial charge >= 0.3 is 5.97 Å². The van der Waals surface area contributed by atoms with Crippen LogP contribution in [0.2, 0.25) is 0 Å². The van der Waals surface area contributed by atoms with Gasteiger partial charge in [-0.3, -0.25) is 4.79 Å². The van der Waals surface area contributed by atoms with E-state index in [0.29, 0.717) is 17.0 Å². The highest BCUT2D eigenvalue weighted by molar-refractivity contribution is 5.85. The third kappa shape index (κ3) is 5.41. The zero-order chi connectivity index (χ0) is 23.1. The van der Waals surface area contributed by atoms with Crippen LogP contribution in [0.3, 0.4) is 0 Å². The zero-order valence-electron chi connectivity index (χ0n) is 18.4. The number of nitrogens with one attached hydrogen (secondary N) is 1. The number of hydrogen-bond donors (Lipinski definition) is 1. The summed E-state index contributed by atoms with van der Waals surface area (Å²) in [6, 6.07) is 20.0. The first-order valence-corrected chi connectivity index (χ1v) is 10.4. The number of aryl methyl sites for hydroxylation is 1. The van der Waals surface area contributed by atoms with E-state index < -0.39 is 12.0 Å². The van der Waals surface area contributed by atoms with E-state index in [0.717, 1.165) is 11.3 Å². The molecular formula is C25H26N4O3. The first-order valence-electron chi connectivity index (χ1n) is 10.4. The minimum absolute atomic E-state index is 0.130. The molecule has 32 heavy (non-hydrogen) atoms. The number of para-hydroxylation sites is 1. The maximum Gasteiger partial charge on any atom is 0.329 e. The van der Waals surface area contributed by atoms with Gasteiger partial charge in [0.1, 0.15) is 24.3 Å². The number of aromatic nitrogens is 2. The van der Waals surface area contributed by atoms with Crippen LogP contribution in [0.4, 0.5) is 0 Å². The number of amides is 1. The summed E-state index contributed by atoms with van der Waals surface area (Å²) in [6.07, 6.45) is 0.176. The first-order chi connectivity index (χ1) is 15.4. The predicted octanol–water partition coefficient (Wildman–Crippen LogP) is 3.48. The largest absolute Gasteiger partial charge is 0.458 e. The normalized spacial score (nSPS) is 11.6. The summed E-state index contributed by atoms with van der Waals surface area (Å²) >= 11 is 0. The fourth-order valence-corrected chi connectivity index (χ4v) is 3.37. The second-order valence-corrected chi connectivity index (χ2v) is 7.83. The molecule has 7 nitrogen and oxygen atoms in total. The number of carbonyl (C=O) groups excluding carboxylic acids is 2. The molecule has 0 unspecified atom stereocenters. The van der Waals surface area contributed by atoms with Crippen molar-refractivity contribution in [1.82, 2.24) is 15.1 Å². The average Bonchev–Trinajstić information content (AvgIpc) is 3.12. The SMILES string of the molecule is Cc1nn(-c2ccccc2)c(COC(=O)[C@@H](NC(=O)Cc2ccccc2)C(C)C)c1C#N. The molecule has 1 aromatic heterocycles. The number of hydrogen-bond acceptors (Lipinski definition) is 5. The van der Waals surface area contributed by atoms with Gasteiger partial charge in [-0.05, 0) is 30.5 Å². The number of nitriles is 1. The maximum atomic E-state index is 12.9. The van der Waals surface area contributed by atoms with Crippen LogP contribution in [0.25, 0.3) is 5.69 Å². The van der Waals surface area contributed by atoms with Crippen molar-refractivity contribution < 1.29 is 14.3 Å². The van der Waals surface area contributed by atoms with Gasteiger partial charge < -0.3 is 10.1 Å². The molecule has 164 valence electrons. The quantitative estimate of drug-likeness (QED) is 0.552. The summed E-state index contributed by atoms with van der Waals surface area (Å²) in [5.74, 6) is -0.975. The van der Waals surface area contributed by atoms with E-state index in [4.69, 9.17) is 4.74 Å². The Bertz CT molecular complexity index is 1120. The average molecular weight is 431 g/mol. The van der Waals surface area contributed by atoms with Crippen LogP contribution in [0.1, 0.15) is 36.4 Å². The van der Waals surface area contributed by atoms with Crippen LogP contribution in [-0.4, -0.2) is 27.7 Å². The van der Waals surface area contributed by atoms with Crippen LogP contribution in [0.5, 0.6) is 0 Å². The van der Waals surface area contributed by atoms with Gasteiger partial charge in [-0.1, -0.05) is 62.4 Å². The summed E-state index contributed by atoms with van der Waals surface area (Å²) in [5, 5.41) is 16.8. The molecule has 0 aliphatic heterocycles. The zero-order valence-corrected chi connectivity index (χ0v) is 18.4. The van der Waals surface area contributed by atoms with E-state index in [1.807, 2.05) is 74.5 Å². The third-order valence-corrected chi connectivity index (χ3v) is 5.06. The van der Waals surface area contributed by atoms with Crippen molar-refractivity contribution in [2.24, 2.45) is 5.92 Å². The Kier molecular flexibility index (Phi) is 7.40. The van der Waals surface area contributed by atoms with Crippen molar-refractivity contribution in [2.75, 3.05) is 0 Å². The number of carbonyl (C=O) groups is 2. The Morgan fingerprint density at radius 2 is 1.72 bits per heavy atom. The highest BCUT2D eigenvalue weighted by Crippen LogP contribution is 2.19. The van der Waals surface area contributed by atoms with Gasteiger partial charge in [0.25, 0.3) is 0 Å². The Morgan fingerprint density at radius 3 is 2.31 bits per heavy atom. The molecule has 1 heterocycles. The molecule has 0 saturated carbocycles. The van der Waals surface area contributed by atoms with E-state index in [-0.39, 0.29) is 24.9 Å². The van der Waals surface area contributed by atoms with Crippen molar-refractivity contribution in [3.05, 3.63) is 83.2 Å². The number of benzene rings is 2. The minimum atomic E-state index is -0.800. The molecule has 3 rings (SSSR count). The van der Waals surface area contributed by atoms with Gasteiger partial charge in [0.15, 0.2) is 0 Å². The van der Waals surface area contributed by atoms with Gasteiger partial charge in [0, 0.05) is 0 Å². The Hall–Kier alpha value is -3.92. The first kappa shape index (κ1) is 22.8. The van der Waals surface area contributed by atoms with Crippen molar-refractivity contribution >= 4 is 11.9 Å². The topological polar surface area (TPSA) is 97.0 Å². The fourth-order valence-electron chi connectivity index (χ4n) is 3.37. The number of esters is 1. The molecule has 1 N–H and O–H groups in total. The van der Waals surface area contributed by atoms with Crippen LogP contribution < -0.4 is 5.32 Å². The summed E-state index contributed by atoms with van der Waals surface area (Å²) in [4.78, 5) is 25.3. The molecule has 0 saturated heterocycles. The smallest absolute Gasteiger partial charge is 0.329 e. The molecule has 0 aliphatic rings. The molecule has 1 amide bonds. The molecular weight excluding hydrogens is 404 g/mol. The van der Waals surface area contributed by atoms with E-state index in [1.54, 1.807) is 11.6 Å². The van der Waals surface area contributed by atoms with Gasteiger partial charge in [-0.2, -0.15) is 10.4 Å². The van der Waals surface area contributed by atoms with Crippen LogP contribution in [-0.2, 0) is 27.4 Å². The third-order valence-electron chi connectivity index (χ3n) is 5.06. The lowest BCUT2D eigenvalue weighted by Gasteiger charge is -2.21. The molecule has 1 atom stereocenters. The van der Waals surface area contributed by atoms with Crippen molar-refractivity contribution in [1.29, 1.82) is 5.26 Å². The predicted molar refractivity (Wildman–Crippen MR) is 120 cm³/mol. The minimum Gasteiger partial charge on any atom is -0.458 e. The molecule has 0 aliphatic carbocycles. The van der Waals surface area contributed by atoms with Gasteiger partial charge in [-0.15, -0.1) is 0 Å². The Labute approximate surface area is 187 Å². The molecule has 7 heteroatoms. The fraction of sp³-hybridized carbons (Fsp3) is 0.280. The van der Waals surface area contributed by atoms with E-state index in [9.17, 15) is 14.9 Å². The summed E-state index contributed by atoms with van der Waals surface area (Å²) in [6.45, 7) is 5.29. The maximum absolute atomic E-state index is 12.9. The summed E-state index contributed by atoms with van der Waals surface area (Å²) in [5.41, 5.74) is 3.04. The number of rotatable bonds is 8. The van der Waals surface area contributed by atoms with Gasteiger partial charge in [0.2, 0.25) is 5.91 Å². The summed E-state index contributed by atoms with van der Waals surface area (Å²) < 4.78 is 7.17. The number of ether oxygens (including phenoxy) is 1. The van der Waals surface area contributed by atoms with Crippen molar-refractivity contribution in [3.63, 3.8) is 0 Å². The van der Waals surface area contributed by atoms with E-state index >= 15 is 0 Å². The van der Waals surface area contributed by atoms with E-state index in [1.165, 1.54) is 0 Å². The van der Waals surface area contributed by atoms with E-state index in [2.05, 4.69) is 16.5 Å². The molecule has 3 aromatic rings. The molecule has 0 bridgehead atoms. The molecule has 0 fully saturated rings.